The highest BCUT2D eigenvalue weighted by molar-refractivity contribution is 6.31. The van der Waals surface area contributed by atoms with Gasteiger partial charge in [-0.25, -0.2) is 0 Å². The number of nitrogens with zero attached hydrogens (tertiary/aromatic N) is 1. The van der Waals surface area contributed by atoms with Crippen LogP contribution in [-0.4, -0.2) is 23.3 Å². The van der Waals surface area contributed by atoms with E-state index in [9.17, 15) is 9.59 Å². The Morgan fingerprint density at radius 1 is 1.17 bits per heavy atom. The summed E-state index contributed by atoms with van der Waals surface area (Å²) in [6.07, 6.45) is 0. The molecule has 2 aromatic carbocycles. The zero-order valence-corrected chi connectivity index (χ0v) is 14.6. The molecule has 0 bridgehead atoms. The molecule has 4 nitrogen and oxygen atoms in total. The van der Waals surface area contributed by atoms with E-state index in [0.717, 1.165) is 11.1 Å². The molecule has 2 amide bonds. The van der Waals surface area contributed by atoms with E-state index in [1.165, 1.54) is 4.90 Å². The molecule has 0 fully saturated rings. The third-order valence-corrected chi connectivity index (χ3v) is 4.52. The van der Waals surface area contributed by atoms with E-state index in [4.69, 9.17) is 23.2 Å². The molecule has 6 heteroatoms. The number of hydrogen-bond acceptors (Lipinski definition) is 2. The second kappa shape index (κ2) is 6.83. The Morgan fingerprint density at radius 2 is 1.83 bits per heavy atom. The standard InChI is InChI=1S/C18H16Cl2N2O2/c1-11(12-2-5-14(19)6-3-12)21-17(23)10-22-9-13-4-7-15(20)8-16(13)18(22)24/h2-8,11H,9-10H2,1H3,(H,21,23)/t11-/m0/s1. The fraction of sp³-hybridized carbons (Fsp3) is 0.222. The van der Waals surface area contributed by atoms with Crippen LogP contribution in [0.2, 0.25) is 10.0 Å². The van der Waals surface area contributed by atoms with Gasteiger partial charge in [-0.2, -0.15) is 0 Å². The molecule has 0 saturated carbocycles. The molecule has 24 heavy (non-hydrogen) atoms. The molecule has 1 atom stereocenters. The molecule has 0 radical (unpaired) electrons. The highest BCUT2D eigenvalue weighted by Crippen LogP contribution is 2.25. The van der Waals surface area contributed by atoms with Crippen LogP contribution in [-0.2, 0) is 11.3 Å². The molecule has 3 rings (SSSR count). The summed E-state index contributed by atoms with van der Waals surface area (Å²) in [5.74, 6) is -0.369. The second-order valence-electron chi connectivity index (χ2n) is 5.80. The lowest BCUT2D eigenvalue weighted by molar-refractivity contribution is -0.122. The number of hydrogen-bond donors (Lipinski definition) is 1. The number of fused-ring (bicyclic) bond motifs is 1. The van der Waals surface area contributed by atoms with E-state index in [1.807, 2.05) is 25.1 Å². The summed E-state index contributed by atoms with van der Waals surface area (Å²) in [7, 11) is 0. The van der Waals surface area contributed by atoms with E-state index >= 15 is 0 Å². The summed E-state index contributed by atoms with van der Waals surface area (Å²) in [5.41, 5.74) is 2.42. The van der Waals surface area contributed by atoms with Crippen LogP contribution in [0.4, 0.5) is 0 Å². The molecule has 0 aromatic heterocycles. The monoisotopic (exact) mass is 362 g/mol. The Bertz CT molecular complexity index is 790. The molecular formula is C18H16Cl2N2O2. The Morgan fingerprint density at radius 3 is 2.54 bits per heavy atom. The minimum Gasteiger partial charge on any atom is -0.348 e. The smallest absolute Gasteiger partial charge is 0.255 e. The Hall–Kier alpha value is -2.04. The van der Waals surface area contributed by atoms with Crippen LogP contribution >= 0.6 is 23.2 Å². The summed E-state index contributed by atoms with van der Waals surface area (Å²) in [5, 5.41) is 4.07. The van der Waals surface area contributed by atoms with E-state index < -0.39 is 0 Å². The first kappa shape index (κ1) is 16.8. The maximum absolute atomic E-state index is 12.4. The highest BCUT2D eigenvalue weighted by Gasteiger charge is 2.29. The normalized spacial score (nSPS) is 14.5. The third-order valence-electron chi connectivity index (χ3n) is 4.03. The maximum atomic E-state index is 12.4. The van der Waals surface area contributed by atoms with Crippen LogP contribution in [0.3, 0.4) is 0 Å². The molecule has 0 aliphatic carbocycles. The quantitative estimate of drug-likeness (QED) is 0.898. The van der Waals surface area contributed by atoms with Crippen molar-refractivity contribution in [1.82, 2.24) is 10.2 Å². The molecule has 0 spiro atoms. The van der Waals surface area contributed by atoms with Gasteiger partial charge in [0, 0.05) is 22.2 Å². The number of amides is 2. The number of rotatable bonds is 4. The van der Waals surface area contributed by atoms with E-state index in [0.29, 0.717) is 22.2 Å². The van der Waals surface area contributed by atoms with E-state index in [1.54, 1.807) is 24.3 Å². The summed E-state index contributed by atoms with van der Waals surface area (Å²) >= 11 is 11.8. The van der Waals surface area contributed by atoms with Crippen molar-refractivity contribution in [2.45, 2.75) is 19.5 Å². The predicted molar refractivity (Wildman–Crippen MR) is 94.2 cm³/mol. The van der Waals surface area contributed by atoms with Gasteiger partial charge in [0.2, 0.25) is 5.91 Å². The lowest BCUT2D eigenvalue weighted by atomic mass is 10.1. The van der Waals surface area contributed by atoms with Crippen LogP contribution < -0.4 is 5.32 Å². The molecular weight excluding hydrogens is 347 g/mol. The van der Waals surface area contributed by atoms with Gasteiger partial charge in [-0.3, -0.25) is 9.59 Å². The average molecular weight is 363 g/mol. The number of carbonyl (C=O) groups is 2. The van der Waals surface area contributed by atoms with Crippen molar-refractivity contribution in [3.8, 4) is 0 Å². The fourth-order valence-electron chi connectivity index (χ4n) is 2.76. The summed E-state index contributed by atoms with van der Waals surface area (Å²) in [6.45, 7) is 2.33. The van der Waals surface area contributed by atoms with E-state index in [-0.39, 0.29) is 24.4 Å². The van der Waals surface area contributed by atoms with Gasteiger partial charge in [0.25, 0.3) is 5.91 Å². The van der Waals surface area contributed by atoms with Crippen molar-refractivity contribution in [1.29, 1.82) is 0 Å². The number of halogens is 2. The Balaban J connectivity index is 1.62. The topological polar surface area (TPSA) is 49.4 Å². The third kappa shape index (κ3) is 3.55. The summed E-state index contributed by atoms with van der Waals surface area (Å²) in [6, 6.07) is 12.4. The molecule has 1 N–H and O–H groups in total. The van der Waals surface area contributed by atoms with Crippen molar-refractivity contribution < 1.29 is 9.59 Å². The zero-order valence-electron chi connectivity index (χ0n) is 13.1. The van der Waals surface area contributed by atoms with Gasteiger partial charge in [0.15, 0.2) is 0 Å². The fourth-order valence-corrected chi connectivity index (χ4v) is 3.05. The van der Waals surface area contributed by atoms with Crippen LogP contribution in [0.5, 0.6) is 0 Å². The Labute approximate surface area is 150 Å². The number of benzene rings is 2. The molecule has 0 unspecified atom stereocenters. The van der Waals surface area contributed by atoms with Crippen molar-refractivity contribution in [3.63, 3.8) is 0 Å². The molecule has 1 heterocycles. The van der Waals surface area contributed by atoms with Gasteiger partial charge in [-0.1, -0.05) is 41.4 Å². The van der Waals surface area contributed by atoms with Gasteiger partial charge < -0.3 is 10.2 Å². The van der Waals surface area contributed by atoms with Crippen LogP contribution in [0.15, 0.2) is 42.5 Å². The number of carbonyl (C=O) groups excluding carboxylic acids is 2. The van der Waals surface area contributed by atoms with Crippen molar-refractivity contribution >= 4 is 35.0 Å². The first-order valence-electron chi connectivity index (χ1n) is 7.56. The first-order chi connectivity index (χ1) is 11.4. The minimum atomic E-state index is -0.204. The molecule has 0 saturated heterocycles. The SMILES string of the molecule is C[C@H](NC(=O)CN1Cc2ccc(Cl)cc2C1=O)c1ccc(Cl)cc1. The second-order valence-corrected chi connectivity index (χ2v) is 6.68. The van der Waals surface area contributed by atoms with Crippen LogP contribution in [0, 0.1) is 0 Å². The minimum absolute atomic E-state index is 0.0169. The van der Waals surface area contributed by atoms with Gasteiger partial charge in [-0.05, 0) is 42.3 Å². The molecule has 1 aliphatic rings. The van der Waals surface area contributed by atoms with Gasteiger partial charge in [-0.15, -0.1) is 0 Å². The lowest BCUT2D eigenvalue weighted by Crippen LogP contribution is -2.38. The van der Waals surface area contributed by atoms with Gasteiger partial charge in [0.1, 0.15) is 6.54 Å². The summed E-state index contributed by atoms with van der Waals surface area (Å²) in [4.78, 5) is 26.1. The highest BCUT2D eigenvalue weighted by atomic mass is 35.5. The van der Waals surface area contributed by atoms with Gasteiger partial charge in [0.05, 0.1) is 6.04 Å². The van der Waals surface area contributed by atoms with Crippen molar-refractivity contribution in [3.05, 3.63) is 69.2 Å². The average Bonchev–Trinajstić information content (AvgIpc) is 2.84. The zero-order chi connectivity index (χ0) is 17.3. The maximum Gasteiger partial charge on any atom is 0.255 e. The predicted octanol–water partition coefficient (Wildman–Crippen LogP) is 3.83. The van der Waals surface area contributed by atoms with Crippen LogP contribution in [0.1, 0.15) is 34.5 Å². The van der Waals surface area contributed by atoms with Crippen LogP contribution in [0.25, 0.3) is 0 Å². The molecule has 1 aliphatic heterocycles. The van der Waals surface area contributed by atoms with Crippen molar-refractivity contribution in [2.75, 3.05) is 6.54 Å². The van der Waals surface area contributed by atoms with Gasteiger partial charge >= 0.3 is 0 Å². The largest absolute Gasteiger partial charge is 0.348 e. The molecule has 2 aromatic rings. The van der Waals surface area contributed by atoms with E-state index in [2.05, 4.69) is 5.32 Å². The van der Waals surface area contributed by atoms with Crippen molar-refractivity contribution in [2.24, 2.45) is 0 Å². The Kier molecular flexibility index (Phi) is 4.78. The molecule has 124 valence electrons. The first-order valence-corrected chi connectivity index (χ1v) is 8.32. The number of nitrogens with one attached hydrogen (secondary N) is 1. The lowest BCUT2D eigenvalue weighted by Gasteiger charge is -2.19. The summed E-state index contributed by atoms with van der Waals surface area (Å²) < 4.78 is 0.